The summed E-state index contributed by atoms with van der Waals surface area (Å²) in [6, 6.07) is 9.14. The molecule has 0 saturated carbocycles. The highest BCUT2D eigenvalue weighted by molar-refractivity contribution is 6.05. The predicted octanol–water partition coefficient (Wildman–Crippen LogP) is 5.34. The number of hydrogen-bond acceptors (Lipinski definition) is 8. The molecule has 2 bridgehead atoms. The minimum absolute atomic E-state index is 0.0754. The van der Waals surface area contributed by atoms with Crippen LogP contribution in [0.25, 0.3) is 22.3 Å². The summed E-state index contributed by atoms with van der Waals surface area (Å²) in [5, 5.41) is 7.42. The first-order valence-electron chi connectivity index (χ1n) is 15.1. The number of hydrogen-bond donors (Lipinski definition) is 1. The second-order valence-corrected chi connectivity index (χ2v) is 12.4. The van der Waals surface area contributed by atoms with Crippen molar-refractivity contribution in [2.75, 3.05) is 25.1 Å². The number of imidazole rings is 1. The van der Waals surface area contributed by atoms with Crippen LogP contribution in [0.15, 0.2) is 36.5 Å². The number of benzene rings is 1. The molecular formula is C32H39N7O5. The number of fused-ring (bicyclic) bond motifs is 7. The number of aromatic nitrogens is 5. The quantitative estimate of drug-likeness (QED) is 0.334. The molecule has 1 N–H and O–H groups in total. The van der Waals surface area contributed by atoms with Crippen molar-refractivity contribution in [1.82, 2.24) is 29.2 Å². The number of anilines is 1. The van der Waals surface area contributed by atoms with Crippen LogP contribution >= 0.6 is 0 Å². The molecule has 1 fully saturated rings. The normalized spacial score (nSPS) is 17.3. The number of carbonyl (C=O) groups is 2. The topological polar surface area (TPSA) is 126 Å². The first-order valence-corrected chi connectivity index (χ1v) is 15.1. The highest BCUT2D eigenvalue weighted by atomic mass is 16.6. The van der Waals surface area contributed by atoms with Gasteiger partial charge in [0.2, 0.25) is 11.8 Å². The molecule has 6 rings (SSSR count). The average Bonchev–Trinajstić information content (AvgIpc) is 3.48. The number of amides is 2. The lowest BCUT2D eigenvalue weighted by molar-refractivity contribution is -0.0140. The lowest BCUT2D eigenvalue weighted by atomic mass is 10.1. The van der Waals surface area contributed by atoms with Crippen molar-refractivity contribution in [1.29, 1.82) is 0 Å². The molecule has 2 amide bonds. The van der Waals surface area contributed by atoms with Crippen molar-refractivity contribution in [2.24, 2.45) is 7.05 Å². The Bertz CT molecular complexity index is 1700. The summed E-state index contributed by atoms with van der Waals surface area (Å²) in [7, 11) is 1.83. The van der Waals surface area contributed by atoms with Gasteiger partial charge in [0.15, 0.2) is 0 Å². The molecule has 3 aromatic heterocycles. The van der Waals surface area contributed by atoms with Crippen LogP contribution in [0.3, 0.4) is 0 Å². The molecule has 4 aromatic rings. The van der Waals surface area contributed by atoms with Gasteiger partial charge in [-0.05, 0) is 77.6 Å². The van der Waals surface area contributed by atoms with Crippen LogP contribution in [0.1, 0.15) is 62.5 Å². The molecular weight excluding hydrogens is 562 g/mol. The van der Waals surface area contributed by atoms with Crippen molar-refractivity contribution in [3.8, 4) is 22.9 Å². The van der Waals surface area contributed by atoms with Gasteiger partial charge >= 0.3 is 6.09 Å². The van der Waals surface area contributed by atoms with Gasteiger partial charge < -0.3 is 23.7 Å². The Hall–Kier alpha value is -4.61. The fraction of sp³-hybridized carbons (Fsp3) is 0.469. The van der Waals surface area contributed by atoms with Crippen LogP contribution < -0.4 is 14.8 Å². The van der Waals surface area contributed by atoms with Crippen LogP contribution in [-0.4, -0.2) is 72.6 Å². The molecule has 12 heteroatoms. The third-order valence-electron chi connectivity index (χ3n) is 7.80. The summed E-state index contributed by atoms with van der Waals surface area (Å²) in [5.41, 5.74) is 3.48. The molecule has 232 valence electrons. The number of para-hydroxylation sites is 1. The third kappa shape index (κ3) is 6.06. The molecule has 2 aliphatic heterocycles. The Morgan fingerprint density at radius 2 is 1.98 bits per heavy atom. The molecule has 1 aromatic carbocycles. The zero-order valence-corrected chi connectivity index (χ0v) is 25.9. The molecule has 0 spiro atoms. The minimum Gasteiger partial charge on any atom is -0.489 e. The van der Waals surface area contributed by atoms with Gasteiger partial charge in [-0.25, -0.2) is 14.5 Å². The maximum absolute atomic E-state index is 13.6. The summed E-state index contributed by atoms with van der Waals surface area (Å²) < 4.78 is 21.8. The van der Waals surface area contributed by atoms with Gasteiger partial charge in [0.25, 0.3) is 5.91 Å². The van der Waals surface area contributed by atoms with Gasteiger partial charge in [0.05, 0.1) is 35.6 Å². The summed E-state index contributed by atoms with van der Waals surface area (Å²) in [4.78, 5) is 37.5. The van der Waals surface area contributed by atoms with Gasteiger partial charge in [-0.1, -0.05) is 6.07 Å². The van der Waals surface area contributed by atoms with E-state index in [0.29, 0.717) is 66.3 Å². The summed E-state index contributed by atoms with van der Waals surface area (Å²) in [6.07, 6.45) is 4.82. The monoisotopic (exact) mass is 601 g/mol. The number of ether oxygens (including phenoxy) is 3. The lowest BCUT2D eigenvalue weighted by Gasteiger charge is -2.41. The van der Waals surface area contributed by atoms with E-state index in [1.165, 1.54) is 0 Å². The van der Waals surface area contributed by atoms with E-state index in [9.17, 15) is 9.59 Å². The highest BCUT2D eigenvalue weighted by Crippen LogP contribution is 2.33. The third-order valence-corrected chi connectivity index (χ3v) is 7.80. The lowest BCUT2D eigenvalue weighted by Crippen LogP contribution is -2.55. The minimum atomic E-state index is -0.557. The van der Waals surface area contributed by atoms with Gasteiger partial charge in [0.1, 0.15) is 23.5 Å². The predicted molar refractivity (Wildman–Crippen MR) is 165 cm³/mol. The molecule has 44 heavy (non-hydrogen) atoms. The van der Waals surface area contributed by atoms with Crippen LogP contribution in [0.4, 0.5) is 10.7 Å². The number of carbonyl (C=O) groups excluding carboxylic acids is 2. The molecule has 5 heterocycles. The number of pyridine rings is 1. The Kier molecular flexibility index (Phi) is 7.91. The van der Waals surface area contributed by atoms with Gasteiger partial charge in [-0.15, -0.1) is 0 Å². The summed E-state index contributed by atoms with van der Waals surface area (Å²) in [6.45, 7) is 9.57. The zero-order valence-electron chi connectivity index (χ0n) is 25.9. The first kappa shape index (κ1) is 29.5. The van der Waals surface area contributed by atoms with Crippen molar-refractivity contribution in [3.63, 3.8) is 0 Å². The molecule has 1 saturated heterocycles. The smallest absolute Gasteiger partial charge is 0.410 e. The maximum atomic E-state index is 13.6. The van der Waals surface area contributed by atoms with Gasteiger partial charge in [0, 0.05) is 31.4 Å². The van der Waals surface area contributed by atoms with E-state index in [1.54, 1.807) is 27.9 Å². The Labute approximate surface area is 256 Å². The summed E-state index contributed by atoms with van der Waals surface area (Å²) >= 11 is 0. The average molecular weight is 602 g/mol. The second-order valence-electron chi connectivity index (χ2n) is 12.4. The van der Waals surface area contributed by atoms with E-state index in [2.05, 4.69) is 15.4 Å². The number of aryl methyl sites for hydroxylation is 3. The Morgan fingerprint density at radius 1 is 1.14 bits per heavy atom. The number of nitrogens with zero attached hydrogens (tertiary/aromatic N) is 6. The van der Waals surface area contributed by atoms with Crippen molar-refractivity contribution in [2.45, 2.75) is 71.6 Å². The Balaban J connectivity index is 1.29. The molecule has 0 radical (unpaired) electrons. The van der Waals surface area contributed by atoms with Crippen molar-refractivity contribution in [3.05, 3.63) is 47.8 Å². The summed E-state index contributed by atoms with van der Waals surface area (Å²) in [5.74, 6) is 1.43. The highest BCUT2D eigenvalue weighted by Gasteiger charge is 2.36. The largest absolute Gasteiger partial charge is 0.489 e. The molecule has 1 atom stereocenters. The van der Waals surface area contributed by atoms with Crippen LogP contribution in [0, 0.1) is 6.92 Å². The van der Waals surface area contributed by atoms with E-state index in [-0.39, 0.29) is 18.0 Å². The van der Waals surface area contributed by atoms with Crippen LogP contribution in [0.5, 0.6) is 11.6 Å². The second kappa shape index (κ2) is 11.8. The van der Waals surface area contributed by atoms with E-state index < -0.39 is 5.60 Å². The fourth-order valence-corrected chi connectivity index (χ4v) is 5.55. The van der Waals surface area contributed by atoms with Gasteiger partial charge in [-0.2, -0.15) is 5.10 Å². The number of nitrogens with one attached hydrogen (secondary N) is 1. The van der Waals surface area contributed by atoms with Gasteiger partial charge in [-0.3, -0.25) is 15.1 Å². The molecule has 1 unspecified atom stereocenters. The maximum Gasteiger partial charge on any atom is 0.410 e. The number of rotatable bonds is 3. The Morgan fingerprint density at radius 3 is 2.75 bits per heavy atom. The SMILES string of the molecule is Cc1cc2cc(n1)-c1cnn(C)c1OCCCCCn1c(nc3cccc(OCC4CCN4C(=O)OC(C)(C)C)c31)NC2=O. The molecule has 0 aliphatic carbocycles. The van der Waals surface area contributed by atoms with Crippen LogP contribution in [-0.2, 0) is 18.3 Å². The van der Waals surface area contributed by atoms with Crippen molar-refractivity contribution < 1.29 is 23.8 Å². The van der Waals surface area contributed by atoms with E-state index in [4.69, 9.17) is 19.2 Å². The zero-order chi connectivity index (χ0) is 31.0. The molecule has 12 nitrogen and oxygen atoms in total. The number of likely N-dealkylation sites (tertiary alicyclic amines) is 1. The van der Waals surface area contributed by atoms with Crippen LogP contribution in [0.2, 0.25) is 0 Å². The fourth-order valence-electron chi connectivity index (χ4n) is 5.55. The molecule has 2 aliphatic rings. The van der Waals surface area contributed by atoms with E-state index in [0.717, 1.165) is 36.8 Å². The van der Waals surface area contributed by atoms with Crippen molar-refractivity contribution >= 4 is 29.0 Å². The standard InChI is InChI=1S/C32H39N7O5/c1-20-16-21-17-25(34-20)23-18-33-37(5)29(23)42-15-8-6-7-13-39-27-24(35-30(39)36-28(21)40)10-9-11-26(27)43-19-22-12-14-38(22)31(41)44-32(2,3)4/h9-11,16-18,22H,6-8,12-15,19H2,1-5H3,(H,35,36,40). The van der Waals surface area contributed by atoms with E-state index in [1.807, 2.05) is 57.5 Å². The van der Waals surface area contributed by atoms with E-state index >= 15 is 0 Å². The first-order chi connectivity index (χ1) is 21.1.